The molecule has 10 aromatic rings. The van der Waals surface area contributed by atoms with Crippen LogP contribution in [0.1, 0.15) is 41.7 Å². The number of aryl methyl sites for hydroxylation is 3. The number of benzene rings is 10. The van der Waals surface area contributed by atoms with Crippen LogP contribution in [0.2, 0.25) is 0 Å². The molecule has 0 unspecified atom stereocenters. The molecule has 10 aromatic carbocycles. The highest BCUT2D eigenvalue weighted by Gasteiger charge is 2.30. The van der Waals surface area contributed by atoms with Crippen LogP contribution in [0, 0.1) is 20.8 Å². The number of rotatable bonds is 0. The van der Waals surface area contributed by atoms with Crippen molar-refractivity contribution in [3.63, 3.8) is 0 Å². The third-order valence-electron chi connectivity index (χ3n) is 11.3. The second kappa shape index (κ2) is 8.33. The molecule has 0 aromatic heterocycles. The predicted octanol–water partition coefficient (Wildman–Crippen LogP) is 11.7. The van der Waals surface area contributed by atoms with Crippen LogP contribution in [0.5, 0.6) is 0 Å². The Morgan fingerprint density at radius 3 is 1.74 bits per heavy atom. The molecule has 0 saturated carbocycles. The van der Waals surface area contributed by atoms with E-state index in [9.17, 15) is 0 Å². The Morgan fingerprint density at radius 1 is 0.435 bits per heavy atom. The van der Waals surface area contributed by atoms with Crippen LogP contribution in [0.3, 0.4) is 0 Å². The first-order chi connectivity index (χ1) is 22.3. The van der Waals surface area contributed by atoms with Crippen LogP contribution in [-0.2, 0) is 6.42 Å². The van der Waals surface area contributed by atoms with E-state index in [4.69, 9.17) is 13.2 Å². The van der Waals surface area contributed by atoms with Gasteiger partial charge in [0.05, 0.1) is 0 Å². The fraction of sp³-hybridized carbons (Fsp3) is 0.130. The molecule has 0 fully saturated rings. The van der Waals surface area contributed by atoms with Gasteiger partial charge in [0, 0.05) is 0 Å². The standard InChI is InChI=1S/C44H28.C2H6/c1-19-13-14-26-27-10-8-12-29-36-24(6)23(5)35-28-11-7-9-25-16-20(2)30-17-21(3)33-34-22(4)18-32(31(26)15-19)40(38(27)29)42(34)44(36)43(35)41(33)39(30)37(25)28;1-2/h7-15,17-18H,2,5-6,16H2,1,3-4H3;1-2H3. The van der Waals surface area contributed by atoms with Crippen molar-refractivity contribution in [3.8, 4) is 0 Å². The van der Waals surface area contributed by atoms with Crippen molar-refractivity contribution in [2.24, 2.45) is 0 Å². The van der Waals surface area contributed by atoms with Gasteiger partial charge in [-0.2, -0.15) is 0 Å². The topological polar surface area (TPSA) is 0 Å². The molecular formula is C46H34. The van der Waals surface area contributed by atoms with Crippen molar-refractivity contribution in [1.29, 1.82) is 0 Å². The van der Waals surface area contributed by atoms with Crippen molar-refractivity contribution >= 4 is 116 Å². The lowest BCUT2D eigenvalue weighted by molar-refractivity contribution is 1.31. The Bertz CT molecular complexity index is 3130. The summed E-state index contributed by atoms with van der Waals surface area (Å²) in [5.74, 6) is 0. The average Bonchev–Trinajstić information content (AvgIpc) is 3.06. The normalized spacial score (nSPS) is 13.5. The van der Waals surface area contributed by atoms with Crippen LogP contribution in [-0.4, -0.2) is 0 Å². The lowest BCUT2D eigenvalue weighted by Gasteiger charge is -2.29. The first-order valence-corrected chi connectivity index (χ1v) is 16.6. The number of fused-ring (bicyclic) bond motifs is 6. The molecular weight excluding hydrogens is 553 g/mol. The number of hydrogen-bond acceptors (Lipinski definition) is 0. The van der Waals surface area contributed by atoms with Gasteiger partial charge in [-0.1, -0.05) is 106 Å². The van der Waals surface area contributed by atoms with Crippen LogP contribution in [0.4, 0.5) is 0 Å². The average molecular weight is 587 g/mol. The van der Waals surface area contributed by atoms with Gasteiger partial charge >= 0.3 is 0 Å². The van der Waals surface area contributed by atoms with Crippen LogP contribution in [0.25, 0.3) is 116 Å². The summed E-state index contributed by atoms with van der Waals surface area (Å²) in [5, 5.41) is 26.4. The lowest BCUT2D eigenvalue weighted by Crippen LogP contribution is -2.25. The van der Waals surface area contributed by atoms with Gasteiger partial charge in [0.15, 0.2) is 0 Å². The van der Waals surface area contributed by atoms with Gasteiger partial charge < -0.3 is 0 Å². The SMILES string of the molecule is C=C1Cc2cccc3c2c2c1cc(C)c1c4c(C)cc5c6cc(C)ccc6c6cccc7c8c(=C)c(=C)c3c(c21)c8c4c5c67.CC. The summed E-state index contributed by atoms with van der Waals surface area (Å²) in [6.07, 6.45) is 0.885. The van der Waals surface area contributed by atoms with Crippen LogP contribution in [0.15, 0.2) is 73.3 Å². The van der Waals surface area contributed by atoms with Gasteiger partial charge in [-0.05, 0) is 162 Å². The van der Waals surface area contributed by atoms with Gasteiger partial charge in [-0.15, -0.1) is 0 Å². The number of allylic oxidation sites excluding steroid dienone is 1. The minimum atomic E-state index is 0.885. The molecule has 0 N–H and O–H groups in total. The first-order valence-electron chi connectivity index (χ1n) is 16.6. The lowest BCUT2D eigenvalue weighted by atomic mass is 9.73. The van der Waals surface area contributed by atoms with Crippen molar-refractivity contribution in [3.05, 3.63) is 112 Å². The zero-order valence-corrected chi connectivity index (χ0v) is 27.2. The molecule has 0 radical (unpaired) electrons. The summed E-state index contributed by atoms with van der Waals surface area (Å²) in [7, 11) is 0. The van der Waals surface area contributed by atoms with Crippen molar-refractivity contribution in [2.75, 3.05) is 0 Å². The maximum Gasteiger partial charge on any atom is -0.0000822 e. The first kappa shape index (κ1) is 26.1. The van der Waals surface area contributed by atoms with Gasteiger partial charge in [0.25, 0.3) is 0 Å². The van der Waals surface area contributed by atoms with E-state index in [1.807, 2.05) is 13.8 Å². The molecule has 0 heteroatoms. The van der Waals surface area contributed by atoms with E-state index in [-0.39, 0.29) is 0 Å². The molecule has 11 rings (SSSR count). The van der Waals surface area contributed by atoms with Gasteiger partial charge in [0.2, 0.25) is 0 Å². The van der Waals surface area contributed by atoms with E-state index in [1.54, 1.807) is 0 Å². The molecule has 0 nitrogen and oxygen atoms in total. The molecule has 0 amide bonds. The van der Waals surface area contributed by atoms with Crippen molar-refractivity contribution in [2.45, 2.75) is 41.0 Å². The molecule has 1 aliphatic carbocycles. The van der Waals surface area contributed by atoms with Crippen LogP contribution < -0.4 is 10.4 Å². The monoisotopic (exact) mass is 586 g/mol. The quantitative estimate of drug-likeness (QED) is 0.122. The van der Waals surface area contributed by atoms with E-state index >= 15 is 0 Å². The third-order valence-corrected chi connectivity index (χ3v) is 11.3. The zero-order chi connectivity index (χ0) is 31.5. The fourth-order valence-electron chi connectivity index (χ4n) is 9.68. The van der Waals surface area contributed by atoms with E-state index < -0.39 is 0 Å². The maximum atomic E-state index is 4.81. The van der Waals surface area contributed by atoms with Crippen molar-refractivity contribution in [1.82, 2.24) is 0 Å². The summed E-state index contributed by atoms with van der Waals surface area (Å²) in [4.78, 5) is 0. The zero-order valence-electron chi connectivity index (χ0n) is 27.2. The Balaban J connectivity index is 0.00000135. The highest BCUT2D eigenvalue weighted by Crippen LogP contribution is 2.55. The fourth-order valence-corrected chi connectivity index (χ4v) is 9.68. The Morgan fingerprint density at radius 2 is 1.02 bits per heavy atom. The minimum Gasteiger partial charge on any atom is -0.0949 e. The number of hydrogen-bond donors (Lipinski definition) is 0. The summed E-state index contributed by atoms with van der Waals surface area (Å²) < 4.78 is 0. The largest absolute Gasteiger partial charge is 0.0949 e. The van der Waals surface area contributed by atoms with Crippen molar-refractivity contribution < 1.29 is 0 Å². The Labute approximate surface area is 267 Å². The predicted molar refractivity (Wildman–Crippen MR) is 206 cm³/mol. The molecule has 0 saturated heterocycles. The Hall–Kier alpha value is -5.20. The van der Waals surface area contributed by atoms with E-state index in [0.29, 0.717) is 0 Å². The van der Waals surface area contributed by atoms with Gasteiger partial charge in [-0.25, -0.2) is 0 Å². The van der Waals surface area contributed by atoms with E-state index in [2.05, 4.69) is 94.1 Å². The maximum absolute atomic E-state index is 4.81. The summed E-state index contributed by atoms with van der Waals surface area (Å²) in [6, 6.07) is 25.6. The van der Waals surface area contributed by atoms with E-state index in [0.717, 1.165) is 16.9 Å². The van der Waals surface area contributed by atoms with E-state index in [1.165, 1.54) is 130 Å². The summed E-state index contributed by atoms with van der Waals surface area (Å²) in [6.45, 7) is 25.1. The Kier molecular flexibility index (Phi) is 4.72. The molecule has 0 bridgehead atoms. The second-order valence-corrected chi connectivity index (χ2v) is 13.6. The molecule has 46 heavy (non-hydrogen) atoms. The van der Waals surface area contributed by atoms with Crippen LogP contribution >= 0.6 is 0 Å². The molecule has 0 atom stereocenters. The summed E-state index contributed by atoms with van der Waals surface area (Å²) in [5.41, 5.74) is 7.86. The smallest absolute Gasteiger partial charge is 0.0000822 e. The minimum absolute atomic E-state index is 0.885. The molecule has 0 spiro atoms. The van der Waals surface area contributed by atoms with Gasteiger partial charge in [-0.3, -0.25) is 0 Å². The third kappa shape index (κ3) is 2.68. The van der Waals surface area contributed by atoms with Gasteiger partial charge in [0.1, 0.15) is 0 Å². The summed E-state index contributed by atoms with van der Waals surface area (Å²) >= 11 is 0. The molecule has 218 valence electrons. The highest BCUT2D eigenvalue weighted by atomic mass is 14.3. The highest BCUT2D eigenvalue weighted by molar-refractivity contribution is 6.52. The second-order valence-electron chi connectivity index (χ2n) is 13.6. The molecule has 0 aliphatic heterocycles. The molecule has 1 aliphatic rings. The molecule has 0 heterocycles.